The summed E-state index contributed by atoms with van der Waals surface area (Å²) in [5.41, 5.74) is 2.92. The first-order chi connectivity index (χ1) is 11.8. The van der Waals surface area contributed by atoms with E-state index in [1.165, 1.54) is 12.8 Å². The number of hydrogen-bond acceptors (Lipinski definition) is 3. The molecule has 0 atom stereocenters. The molecule has 0 unspecified atom stereocenters. The van der Waals surface area contributed by atoms with Crippen molar-refractivity contribution in [3.05, 3.63) is 23.8 Å². The molecule has 1 fully saturated rings. The Morgan fingerprint density at radius 1 is 1.24 bits per heavy atom. The lowest BCUT2D eigenvalue weighted by Crippen LogP contribution is -2.31. The smallest absolute Gasteiger partial charge is 0.224 e. The SMILES string of the molecule is CC(=O)N(Cc1cc(NC(=O)CC(C)C)ccc1N(C)C)CC1CC1. The monoisotopic (exact) mass is 345 g/mol. The van der Waals surface area contributed by atoms with E-state index in [2.05, 4.69) is 5.32 Å². The topological polar surface area (TPSA) is 52.7 Å². The van der Waals surface area contributed by atoms with Crippen LogP contribution in [0.5, 0.6) is 0 Å². The van der Waals surface area contributed by atoms with Gasteiger partial charge in [0.2, 0.25) is 11.8 Å². The van der Waals surface area contributed by atoms with E-state index in [1.807, 2.05) is 55.9 Å². The van der Waals surface area contributed by atoms with Gasteiger partial charge in [-0.25, -0.2) is 0 Å². The molecule has 0 aliphatic heterocycles. The molecule has 0 saturated heterocycles. The fraction of sp³-hybridized carbons (Fsp3) is 0.600. The lowest BCUT2D eigenvalue weighted by molar-refractivity contribution is -0.129. The second kappa shape index (κ2) is 8.37. The summed E-state index contributed by atoms with van der Waals surface area (Å²) in [6.07, 6.45) is 2.94. The number of carbonyl (C=O) groups is 2. The van der Waals surface area contributed by atoms with E-state index in [-0.39, 0.29) is 11.8 Å². The van der Waals surface area contributed by atoms with Crippen LogP contribution >= 0.6 is 0 Å². The first kappa shape index (κ1) is 19.3. The Balaban J connectivity index is 2.18. The van der Waals surface area contributed by atoms with Gasteiger partial charge in [-0.15, -0.1) is 0 Å². The Hall–Kier alpha value is -2.04. The van der Waals surface area contributed by atoms with Crippen LogP contribution in [-0.2, 0) is 16.1 Å². The Labute approximate surface area is 151 Å². The summed E-state index contributed by atoms with van der Waals surface area (Å²) in [7, 11) is 3.99. The predicted octanol–water partition coefficient (Wildman–Crippen LogP) is 3.50. The van der Waals surface area contributed by atoms with Gasteiger partial charge in [-0.1, -0.05) is 13.8 Å². The van der Waals surface area contributed by atoms with Gasteiger partial charge in [0.1, 0.15) is 0 Å². The first-order valence-corrected chi connectivity index (χ1v) is 9.12. The fourth-order valence-corrected chi connectivity index (χ4v) is 2.93. The maximum Gasteiger partial charge on any atom is 0.224 e. The predicted molar refractivity (Wildman–Crippen MR) is 103 cm³/mol. The summed E-state index contributed by atoms with van der Waals surface area (Å²) in [4.78, 5) is 28.0. The number of rotatable bonds is 8. The Morgan fingerprint density at radius 3 is 2.44 bits per heavy atom. The standard InChI is InChI=1S/C20H31N3O2/c1-14(2)10-20(25)21-18-8-9-19(22(4)5)17(11-18)13-23(15(3)24)12-16-6-7-16/h8-9,11,14,16H,6-7,10,12-13H2,1-5H3,(H,21,25). The molecule has 0 heterocycles. The van der Waals surface area contributed by atoms with Gasteiger partial charge in [0.05, 0.1) is 0 Å². The van der Waals surface area contributed by atoms with E-state index in [0.29, 0.717) is 24.8 Å². The maximum absolute atomic E-state index is 12.1. The van der Waals surface area contributed by atoms with Gasteiger partial charge in [-0.3, -0.25) is 9.59 Å². The highest BCUT2D eigenvalue weighted by atomic mass is 16.2. The summed E-state index contributed by atoms with van der Waals surface area (Å²) in [5, 5.41) is 2.97. The fourth-order valence-electron chi connectivity index (χ4n) is 2.93. The van der Waals surface area contributed by atoms with Crippen molar-refractivity contribution in [2.45, 2.75) is 46.6 Å². The van der Waals surface area contributed by atoms with E-state index >= 15 is 0 Å². The molecule has 138 valence electrons. The zero-order valence-electron chi connectivity index (χ0n) is 16.1. The van der Waals surface area contributed by atoms with Crippen molar-refractivity contribution in [2.75, 3.05) is 30.9 Å². The minimum absolute atomic E-state index is 0.0277. The molecule has 1 aromatic carbocycles. The van der Waals surface area contributed by atoms with Crippen molar-refractivity contribution >= 4 is 23.2 Å². The van der Waals surface area contributed by atoms with E-state index in [1.54, 1.807) is 6.92 Å². The van der Waals surface area contributed by atoms with Crippen LogP contribution in [0.2, 0.25) is 0 Å². The second-order valence-corrected chi connectivity index (χ2v) is 7.73. The highest BCUT2D eigenvalue weighted by Crippen LogP contribution is 2.31. The molecule has 2 rings (SSSR count). The molecule has 1 aliphatic carbocycles. The van der Waals surface area contributed by atoms with E-state index < -0.39 is 0 Å². The summed E-state index contributed by atoms with van der Waals surface area (Å²) < 4.78 is 0. The molecular formula is C20H31N3O2. The molecule has 0 radical (unpaired) electrons. The number of benzene rings is 1. The summed E-state index contributed by atoms with van der Waals surface area (Å²) in [6.45, 7) is 7.09. The Morgan fingerprint density at radius 2 is 1.92 bits per heavy atom. The first-order valence-electron chi connectivity index (χ1n) is 9.12. The Kier molecular flexibility index (Phi) is 6.45. The number of amides is 2. The van der Waals surface area contributed by atoms with Crippen molar-refractivity contribution < 1.29 is 9.59 Å². The number of hydrogen-bond donors (Lipinski definition) is 1. The minimum atomic E-state index is 0.0277. The van der Waals surface area contributed by atoms with Gasteiger partial charge in [-0.05, 0) is 48.4 Å². The molecule has 1 aliphatic rings. The van der Waals surface area contributed by atoms with Gasteiger partial charge in [-0.2, -0.15) is 0 Å². The average Bonchev–Trinajstić information content (AvgIpc) is 3.29. The quantitative estimate of drug-likeness (QED) is 0.784. The highest BCUT2D eigenvalue weighted by Gasteiger charge is 2.26. The zero-order chi connectivity index (χ0) is 18.6. The molecule has 2 amide bonds. The van der Waals surface area contributed by atoms with Crippen LogP contribution in [0.15, 0.2) is 18.2 Å². The van der Waals surface area contributed by atoms with Gasteiger partial charge < -0.3 is 15.1 Å². The minimum Gasteiger partial charge on any atom is -0.377 e. The third kappa shape index (κ3) is 6.07. The normalized spacial score (nSPS) is 13.7. The van der Waals surface area contributed by atoms with Crippen molar-refractivity contribution in [1.82, 2.24) is 4.90 Å². The van der Waals surface area contributed by atoms with Crippen LogP contribution in [-0.4, -0.2) is 37.4 Å². The van der Waals surface area contributed by atoms with Gasteiger partial charge >= 0.3 is 0 Å². The average molecular weight is 345 g/mol. The number of nitrogens with one attached hydrogen (secondary N) is 1. The lowest BCUT2D eigenvalue weighted by Gasteiger charge is -2.25. The van der Waals surface area contributed by atoms with Crippen molar-refractivity contribution in [2.24, 2.45) is 11.8 Å². The Bertz CT molecular complexity index is 621. The molecule has 1 N–H and O–H groups in total. The van der Waals surface area contributed by atoms with Crippen LogP contribution < -0.4 is 10.2 Å². The third-order valence-electron chi connectivity index (χ3n) is 4.42. The third-order valence-corrected chi connectivity index (χ3v) is 4.42. The van der Waals surface area contributed by atoms with Crippen LogP contribution in [0.4, 0.5) is 11.4 Å². The maximum atomic E-state index is 12.1. The molecule has 0 aromatic heterocycles. The molecule has 5 nitrogen and oxygen atoms in total. The molecule has 0 bridgehead atoms. The van der Waals surface area contributed by atoms with Crippen LogP contribution in [0, 0.1) is 11.8 Å². The number of anilines is 2. The largest absolute Gasteiger partial charge is 0.377 e. The molecule has 25 heavy (non-hydrogen) atoms. The molecule has 0 spiro atoms. The second-order valence-electron chi connectivity index (χ2n) is 7.73. The highest BCUT2D eigenvalue weighted by molar-refractivity contribution is 5.91. The van der Waals surface area contributed by atoms with Crippen molar-refractivity contribution in [3.8, 4) is 0 Å². The van der Waals surface area contributed by atoms with Crippen LogP contribution in [0.25, 0.3) is 0 Å². The van der Waals surface area contributed by atoms with Gasteiger partial charge in [0, 0.05) is 51.9 Å². The summed E-state index contributed by atoms with van der Waals surface area (Å²) >= 11 is 0. The van der Waals surface area contributed by atoms with E-state index in [0.717, 1.165) is 23.5 Å². The lowest BCUT2D eigenvalue weighted by atomic mass is 10.1. The van der Waals surface area contributed by atoms with E-state index in [9.17, 15) is 9.59 Å². The van der Waals surface area contributed by atoms with Gasteiger partial charge in [0.25, 0.3) is 0 Å². The van der Waals surface area contributed by atoms with E-state index in [4.69, 9.17) is 0 Å². The summed E-state index contributed by atoms with van der Waals surface area (Å²) in [5.74, 6) is 1.11. The van der Waals surface area contributed by atoms with Crippen LogP contribution in [0.3, 0.4) is 0 Å². The number of nitrogens with zero attached hydrogens (tertiary/aromatic N) is 2. The van der Waals surface area contributed by atoms with Crippen molar-refractivity contribution in [3.63, 3.8) is 0 Å². The molecule has 1 saturated carbocycles. The van der Waals surface area contributed by atoms with Gasteiger partial charge in [0.15, 0.2) is 0 Å². The number of carbonyl (C=O) groups excluding carboxylic acids is 2. The molecule has 1 aromatic rings. The van der Waals surface area contributed by atoms with Crippen LogP contribution in [0.1, 0.15) is 45.6 Å². The van der Waals surface area contributed by atoms with Crippen molar-refractivity contribution in [1.29, 1.82) is 0 Å². The molecule has 5 heteroatoms. The summed E-state index contributed by atoms with van der Waals surface area (Å²) in [6, 6.07) is 5.93. The molecular weight excluding hydrogens is 314 g/mol. The zero-order valence-corrected chi connectivity index (χ0v) is 16.1.